The van der Waals surface area contributed by atoms with Crippen LogP contribution in [0.5, 0.6) is 0 Å². The van der Waals surface area contributed by atoms with Gasteiger partial charge in [-0.3, -0.25) is 4.55 Å². The van der Waals surface area contributed by atoms with E-state index >= 15 is 0 Å². The summed E-state index contributed by atoms with van der Waals surface area (Å²) in [5.74, 6) is -2.82. The molecule has 1 aromatic heterocycles. The average molecular weight is 605 g/mol. The second-order valence-corrected chi connectivity index (χ2v) is 12.2. The van der Waals surface area contributed by atoms with Gasteiger partial charge in [-0.25, -0.2) is 18.4 Å². The van der Waals surface area contributed by atoms with Crippen molar-refractivity contribution in [2.45, 2.75) is 23.2 Å². The van der Waals surface area contributed by atoms with Crippen LogP contribution in [-0.4, -0.2) is 50.0 Å². The average Bonchev–Trinajstić information content (AvgIpc) is 2.86. The first-order chi connectivity index (χ1) is 18.4. The summed E-state index contributed by atoms with van der Waals surface area (Å²) < 4.78 is 149. The minimum absolute atomic E-state index is 0.0165. The Hall–Kier alpha value is -3.56. The normalized spacial score (nSPS) is 18.4. The van der Waals surface area contributed by atoms with Crippen molar-refractivity contribution >= 4 is 31.1 Å². The van der Waals surface area contributed by atoms with Crippen molar-refractivity contribution < 1.29 is 47.7 Å². The molecule has 3 aromatic rings. The number of halogens is 6. The zero-order chi connectivity index (χ0) is 29.7. The van der Waals surface area contributed by atoms with Crippen LogP contribution in [0.3, 0.4) is 0 Å². The second-order valence-electron chi connectivity index (χ2n) is 8.84. The number of benzene rings is 2. The van der Waals surface area contributed by atoms with Crippen LogP contribution >= 0.6 is 0 Å². The molecule has 15 heteroatoms. The lowest BCUT2D eigenvalue weighted by atomic mass is 9.65. The number of hydrogen-bond acceptors (Lipinski definition) is 6. The van der Waals surface area contributed by atoms with Crippen LogP contribution in [0.25, 0.3) is 11.1 Å². The molecule has 0 aliphatic heterocycles. The molecule has 0 bridgehead atoms. The molecule has 1 aliphatic rings. The highest BCUT2D eigenvalue weighted by Crippen LogP contribution is 2.67. The number of aromatic nitrogens is 2. The van der Waals surface area contributed by atoms with E-state index in [4.69, 9.17) is 0 Å². The summed E-state index contributed by atoms with van der Waals surface area (Å²) in [6.07, 6.45) is -9.66. The minimum Gasteiger partial charge on any atom is -0.282 e. The van der Waals surface area contributed by atoms with Gasteiger partial charge in [0.15, 0.2) is 9.84 Å². The molecule has 1 atom stereocenters. The number of rotatable bonds is 5. The number of hydrogen-bond donors (Lipinski definition) is 1. The third-order valence-corrected chi connectivity index (χ3v) is 8.56. The lowest BCUT2D eigenvalue weighted by Crippen LogP contribution is -2.57. The van der Waals surface area contributed by atoms with Crippen LogP contribution in [0.2, 0.25) is 0 Å². The number of nitrogens with zero attached hydrogens (tertiary/aromatic N) is 2. The third-order valence-electron chi connectivity index (χ3n) is 6.39. The Morgan fingerprint density at radius 1 is 0.825 bits per heavy atom. The first kappa shape index (κ1) is 29.4. The first-order valence-corrected chi connectivity index (χ1v) is 14.4. The zero-order valence-electron chi connectivity index (χ0n) is 20.1. The summed E-state index contributed by atoms with van der Waals surface area (Å²) in [6.45, 7) is 0. The van der Waals surface area contributed by atoms with Crippen molar-refractivity contribution in [3.05, 3.63) is 101 Å². The largest absolute Gasteiger partial charge is 0.408 e. The van der Waals surface area contributed by atoms with Crippen LogP contribution in [0.1, 0.15) is 22.7 Å². The predicted molar refractivity (Wildman–Crippen MR) is 132 cm³/mol. The molecular weight excluding hydrogens is 586 g/mol. The molecule has 40 heavy (non-hydrogen) atoms. The van der Waals surface area contributed by atoms with E-state index in [1.165, 1.54) is 30.3 Å². The van der Waals surface area contributed by atoms with E-state index < -0.39 is 70.9 Å². The highest BCUT2D eigenvalue weighted by atomic mass is 32.2. The highest BCUT2D eigenvalue weighted by Gasteiger charge is 2.79. The van der Waals surface area contributed by atoms with E-state index in [-0.39, 0.29) is 10.5 Å². The van der Waals surface area contributed by atoms with Gasteiger partial charge in [0, 0.05) is 23.9 Å². The van der Waals surface area contributed by atoms with Crippen molar-refractivity contribution in [1.29, 1.82) is 0 Å². The Balaban J connectivity index is 2.28. The van der Waals surface area contributed by atoms with Crippen molar-refractivity contribution in [1.82, 2.24) is 9.97 Å². The maximum Gasteiger partial charge on any atom is 0.408 e. The van der Waals surface area contributed by atoms with Crippen LogP contribution < -0.4 is 0 Å². The predicted octanol–water partition coefficient (Wildman–Crippen LogP) is 5.47. The van der Waals surface area contributed by atoms with Crippen LogP contribution in [-0.2, 0) is 20.0 Å². The molecule has 0 spiro atoms. The SMILES string of the molecule is CS(=O)(=O)c1ccc(C2=C(S(=O)(=O)O)C(C(F)(F)F)(C(F)(F)F)C(c3ccncn3)C=C2c2ccccc2)cc1. The Kier molecular flexibility index (Phi) is 7.22. The number of allylic oxidation sites excluding steroid dienone is 4. The van der Waals surface area contributed by atoms with Gasteiger partial charge in [-0.1, -0.05) is 48.5 Å². The van der Waals surface area contributed by atoms with Gasteiger partial charge in [-0.2, -0.15) is 34.8 Å². The lowest BCUT2D eigenvalue weighted by Gasteiger charge is -2.45. The standard InChI is InChI=1S/C25H18F6N2O5S2/c1-39(34,35)17-9-7-16(8-10-17)21-18(15-5-3-2-4-6-15)13-19(20-11-12-32-14-33-20)23(24(26,27)28,25(29,30)31)22(21)40(36,37)38/h2-14,19H,1H3,(H,36,37,38). The van der Waals surface area contributed by atoms with Crippen LogP contribution in [0.15, 0.2) is 89.1 Å². The van der Waals surface area contributed by atoms with E-state index in [0.717, 1.165) is 42.8 Å². The van der Waals surface area contributed by atoms with E-state index in [0.29, 0.717) is 12.4 Å². The van der Waals surface area contributed by atoms with Gasteiger partial charge in [0.05, 0.1) is 10.6 Å². The number of sulfone groups is 1. The summed E-state index contributed by atoms with van der Waals surface area (Å²) in [5.41, 5.74) is -8.02. The smallest absolute Gasteiger partial charge is 0.282 e. The Labute approximate surface area is 224 Å². The van der Waals surface area contributed by atoms with Crippen molar-refractivity contribution in [2.75, 3.05) is 6.26 Å². The summed E-state index contributed by atoms with van der Waals surface area (Å²) in [5, 5.41) is 0. The van der Waals surface area contributed by atoms with Gasteiger partial charge < -0.3 is 0 Å². The maximum atomic E-state index is 15.0. The molecule has 4 rings (SSSR count). The topological polar surface area (TPSA) is 114 Å². The van der Waals surface area contributed by atoms with E-state index in [1.807, 2.05) is 0 Å². The summed E-state index contributed by atoms with van der Waals surface area (Å²) in [7, 11) is -10.1. The quantitative estimate of drug-likeness (QED) is 0.304. The molecule has 0 saturated heterocycles. The fourth-order valence-electron chi connectivity index (χ4n) is 4.74. The summed E-state index contributed by atoms with van der Waals surface area (Å²) >= 11 is 0. The molecular formula is C25H18F6N2O5S2. The molecule has 7 nitrogen and oxygen atoms in total. The fourth-order valence-corrected chi connectivity index (χ4v) is 6.63. The monoisotopic (exact) mass is 604 g/mol. The van der Waals surface area contributed by atoms with E-state index in [2.05, 4.69) is 9.97 Å². The second kappa shape index (κ2) is 9.82. The van der Waals surface area contributed by atoms with Gasteiger partial charge in [-0.15, -0.1) is 0 Å². The molecule has 1 unspecified atom stereocenters. The van der Waals surface area contributed by atoms with Gasteiger partial charge in [0.2, 0.25) is 5.41 Å². The minimum atomic E-state index is -6.34. The molecule has 1 aliphatic carbocycles. The Morgan fingerprint density at radius 3 is 1.85 bits per heavy atom. The Morgan fingerprint density at radius 2 is 1.40 bits per heavy atom. The van der Waals surface area contributed by atoms with Gasteiger partial charge in [0.25, 0.3) is 10.1 Å². The van der Waals surface area contributed by atoms with Gasteiger partial charge >= 0.3 is 12.4 Å². The maximum absolute atomic E-state index is 15.0. The molecule has 212 valence electrons. The van der Waals surface area contributed by atoms with E-state index in [9.17, 15) is 47.7 Å². The van der Waals surface area contributed by atoms with Crippen molar-refractivity contribution in [2.24, 2.45) is 5.41 Å². The molecule has 0 radical (unpaired) electrons. The Bertz CT molecular complexity index is 1690. The molecule has 2 aromatic carbocycles. The van der Waals surface area contributed by atoms with Crippen LogP contribution in [0.4, 0.5) is 26.3 Å². The van der Waals surface area contributed by atoms with Gasteiger partial charge in [0.1, 0.15) is 11.2 Å². The molecule has 0 saturated carbocycles. The number of alkyl halides is 6. The molecule has 0 amide bonds. The zero-order valence-corrected chi connectivity index (χ0v) is 21.8. The van der Waals surface area contributed by atoms with Gasteiger partial charge in [-0.05, 0) is 34.9 Å². The summed E-state index contributed by atoms with van der Waals surface area (Å²) in [6, 6.07) is 11.3. The van der Waals surface area contributed by atoms with Crippen molar-refractivity contribution in [3.63, 3.8) is 0 Å². The first-order valence-electron chi connectivity index (χ1n) is 11.1. The third kappa shape index (κ3) is 4.92. The molecule has 1 heterocycles. The van der Waals surface area contributed by atoms with Crippen LogP contribution in [0, 0.1) is 5.41 Å². The van der Waals surface area contributed by atoms with E-state index in [1.54, 1.807) is 0 Å². The van der Waals surface area contributed by atoms with Crippen molar-refractivity contribution in [3.8, 4) is 0 Å². The summed E-state index contributed by atoms with van der Waals surface area (Å²) in [4.78, 5) is 4.41. The lowest BCUT2D eigenvalue weighted by molar-refractivity contribution is -0.327. The highest BCUT2D eigenvalue weighted by molar-refractivity contribution is 7.90. The molecule has 0 fully saturated rings. The molecule has 1 N–H and O–H groups in total. The fraction of sp³-hybridized carbons (Fsp3) is 0.200.